The molecule has 0 aliphatic carbocycles. The van der Waals surface area contributed by atoms with Gasteiger partial charge in [0.2, 0.25) is 0 Å². The summed E-state index contributed by atoms with van der Waals surface area (Å²) in [5.41, 5.74) is 2.48. The maximum Gasteiger partial charge on any atom is 0.175 e. The Bertz CT molecular complexity index is 1070. The van der Waals surface area contributed by atoms with E-state index in [1.807, 2.05) is 0 Å². The molecule has 4 nitrogen and oxygen atoms in total. The topological polar surface area (TPSA) is 59.1 Å². The van der Waals surface area contributed by atoms with Gasteiger partial charge in [-0.05, 0) is 67.7 Å². The van der Waals surface area contributed by atoms with E-state index in [1.165, 1.54) is 29.0 Å². The molecule has 4 rings (SSSR count). The van der Waals surface area contributed by atoms with E-state index < -0.39 is 15.7 Å². The second-order valence-corrected chi connectivity index (χ2v) is 9.73. The summed E-state index contributed by atoms with van der Waals surface area (Å²) >= 11 is 1.42. The highest BCUT2D eigenvalue weighted by Gasteiger charge is 2.18. The van der Waals surface area contributed by atoms with Gasteiger partial charge in [0.1, 0.15) is 10.8 Å². The van der Waals surface area contributed by atoms with Crippen LogP contribution < -0.4 is 5.32 Å². The van der Waals surface area contributed by atoms with Gasteiger partial charge in [-0.25, -0.2) is 17.8 Å². The fraction of sp³-hybridized carbons (Fsp3) is 0.316. The van der Waals surface area contributed by atoms with Crippen molar-refractivity contribution in [3.63, 3.8) is 0 Å². The third-order valence-electron chi connectivity index (χ3n) is 4.82. The summed E-state index contributed by atoms with van der Waals surface area (Å²) < 4.78 is 38.6. The number of hydrogen-bond donors (Lipinski definition) is 1. The molecule has 1 N–H and O–H groups in total. The minimum atomic E-state index is -3.43. The summed E-state index contributed by atoms with van der Waals surface area (Å²) in [7, 11) is -3.43. The van der Waals surface area contributed by atoms with E-state index in [9.17, 15) is 12.8 Å². The number of halogens is 1. The molecule has 1 saturated heterocycles. The first kappa shape index (κ1) is 17.6. The van der Waals surface area contributed by atoms with Crippen molar-refractivity contribution in [3.05, 3.63) is 47.8 Å². The molecule has 0 saturated carbocycles. The summed E-state index contributed by atoms with van der Waals surface area (Å²) in [5.74, 6) is -0.0258. The summed E-state index contributed by atoms with van der Waals surface area (Å²) in [6, 6.07) is 10.3. The molecule has 0 spiro atoms. The Morgan fingerprint density at radius 1 is 1.15 bits per heavy atom. The molecule has 1 fully saturated rings. The van der Waals surface area contributed by atoms with Crippen LogP contribution in [0.15, 0.2) is 41.3 Å². The molecule has 0 amide bonds. The van der Waals surface area contributed by atoms with Crippen molar-refractivity contribution in [1.82, 2.24) is 10.3 Å². The van der Waals surface area contributed by atoms with Crippen LogP contribution in [0.5, 0.6) is 0 Å². The number of hydrogen-bond acceptors (Lipinski definition) is 5. The van der Waals surface area contributed by atoms with Crippen LogP contribution in [0.4, 0.5) is 4.39 Å². The van der Waals surface area contributed by atoms with Gasteiger partial charge in [-0.3, -0.25) is 0 Å². The van der Waals surface area contributed by atoms with Crippen molar-refractivity contribution in [2.24, 2.45) is 0 Å². The molecule has 0 atom stereocenters. The number of piperidine rings is 1. The van der Waals surface area contributed by atoms with Crippen LogP contribution in [-0.2, 0) is 9.84 Å². The van der Waals surface area contributed by atoms with Crippen LogP contribution in [-0.4, -0.2) is 32.7 Å². The molecule has 136 valence electrons. The molecule has 1 aromatic heterocycles. The van der Waals surface area contributed by atoms with E-state index in [4.69, 9.17) is 0 Å². The normalized spacial score (nSPS) is 16.2. The first-order chi connectivity index (χ1) is 12.4. The zero-order valence-corrected chi connectivity index (χ0v) is 16.0. The molecule has 1 aliphatic rings. The van der Waals surface area contributed by atoms with E-state index in [0.29, 0.717) is 16.5 Å². The lowest BCUT2D eigenvalue weighted by Gasteiger charge is -2.22. The first-order valence-corrected chi connectivity index (χ1v) is 11.2. The molecule has 2 aromatic carbocycles. The van der Waals surface area contributed by atoms with Gasteiger partial charge in [0.25, 0.3) is 0 Å². The standard InChI is InChI=1S/C19H19FN2O2S2/c1-26(23,24)14-3-4-15(16(20)11-14)19-22-17-10-13(2-5-18(17)25-19)12-6-8-21-9-7-12/h2-5,10-12,21H,6-9H2,1H3. The third kappa shape index (κ3) is 3.39. The fourth-order valence-corrected chi connectivity index (χ4v) is 4.97. The number of sulfone groups is 1. The number of fused-ring (bicyclic) bond motifs is 1. The minimum absolute atomic E-state index is 0.0203. The Labute approximate surface area is 156 Å². The average molecular weight is 391 g/mol. The number of aromatic nitrogens is 1. The Kier molecular flexibility index (Phi) is 4.54. The number of thiazole rings is 1. The minimum Gasteiger partial charge on any atom is -0.317 e. The lowest BCUT2D eigenvalue weighted by atomic mass is 9.90. The average Bonchev–Trinajstić information content (AvgIpc) is 3.04. The Balaban J connectivity index is 1.71. The molecular weight excluding hydrogens is 371 g/mol. The Morgan fingerprint density at radius 3 is 2.62 bits per heavy atom. The zero-order valence-electron chi connectivity index (χ0n) is 14.3. The van der Waals surface area contributed by atoms with E-state index in [0.717, 1.165) is 48.5 Å². The van der Waals surface area contributed by atoms with Crippen LogP contribution in [0, 0.1) is 5.82 Å². The van der Waals surface area contributed by atoms with Gasteiger partial charge < -0.3 is 5.32 Å². The molecule has 26 heavy (non-hydrogen) atoms. The summed E-state index contributed by atoms with van der Waals surface area (Å²) in [6.45, 7) is 2.06. The second-order valence-electron chi connectivity index (χ2n) is 6.68. The van der Waals surface area contributed by atoms with Crippen LogP contribution in [0.1, 0.15) is 24.3 Å². The monoisotopic (exact) mass is 390 g/mol. The molecular formula is C19H19FN2O2S2. The number of benzene rings is 2. The number of nitrogens with one attached hydrogen (secondary N) is 1. The van der Waals surface area contributed by atoms with E-state index in [1.54, 1.807) is 0 Å². The Morgan fingerprint density at radius 2 is 1.92 bits per heavy atom. The van der Waals surface area contributed by atoms with E-state index >= 15 is 0 Å². The summed E-state index contributed by atoms with van der Waals surface area (Å²) in [4.78, 5) is 4.58. The van der Waals surface area contributed by atoms with Gasteiger partial charge >= 0.3 is 0 Å². The first-order valence-electron chi connectivity index (χ1n) is 8.53. The maximum absolute atomic E-state index is 14.5. The van der Waals surface area contributed by atoms with Gasteiger partial charge in [0.15, 0.2) is 9.84 Å². The van der Waals surface area contributed by atoms with Crippen molar-refractivity contribution in [2.45, 2.75) is 23.7 Å². The van der Waals surface area contributed by atoms with Gasteiger partial charge in [-0.2, -0.15) is 0 Å². The third-order valence-corrected chi connectivity index (χ3v) is 7.00. The van der Waals surface area contributed by atoms with Gasteiger partial charge in [-0.1, -0.05) is 6.07 Å². The molecule has 3 aromatic rings. The molecule has 0 radical (unpaired) electrons. The number of rotatable bonds is 3. The highest BCUT2D eigenvalue weighted by molar-refractivity contribution is 7.90. The molecule has 7 heteroatoms. The second kappa shape index (κ2) is 6.72. The van der Waals surface area contributed by atoms with Crippen molar-refractivity contribution < 1.29 is 12.8 Å². The van der Waals surface area contributed by atoms with E-state index in [-0.39, 0.29) is 4.90 Å². The predicted octanol–water partition coefficient (Wildman–Crippen LogP) is 3.97. The highest BCUT2D eigenvalue weighted by Crippen LogP contribution is 2.35. The molecule has 0 unspecified atom stereocenters. The molecule has 1 aliphatic heterocycles. The van der Waals surface area contributed by atoms with Crippen LogP contribution >= 0.6 is 11.3 Å². The predicted molar refractivity (Wildman–Crippen MR) is 103 cm³/mol. The van der Waals surface area contributed by atoms with Gasteiger partial charge in [-0.15, -0.1) is 11.3 Å². The zero-order chi connectivity index (χ0) is 18.3. The van der Waals surface area contributed by atoms with Gasteiger partial charge in [0.05, 0.1) is 15.1 Å². The molecule has 0 bridgehead atoms. The fourth-order valence-electron chi connectivity index (χ4n) is 3.37. The maximum atomic E-state index is 14.5. The van der Waals surface area contributed by atoms with Crippen molar-refractivity contribution in [2.75, 3.05) is 19.3 Å². The number of nitrogens with zero attached hydrogens (tertiary/aromatic N) is 1. The van der Waals surface area contributed by atoms with Crippen molar-refractivity contribution in [3.8, 4) is 10.6 Å². The van der Waals surface area contributed by atoms with E-state index in [2.05, 4.69) is 28.5 Å². The largest absolute Gasteiger partial charge is 0.317 e. The van der Waals surface area contributed by atoms with Crippen molar-refractivity contribution >= 4 is 31.4 Å². The van der Waals surface area contributed by atoms with Gasteiger partial charge in [0, 0.05) is 11.8 Å². The summed E-state index contributed by atoms with van der Waals surface area (Å²) in [5, 5.41) is 3.94. The Hall–Kier alpha value is -1.83. The lowest BCUT2D eigenvalue weighted by Crippen LogP contribution is -2.26. The smallest absolute Gasteiger partial charge is 0.175 e. The van der Waals surface area contributed by atoms with Crippen molar-refractivity contribution in [1.29, 1.82) is 0 Å². The van der Waals surface area contributed by atoms with Crippen LogP contribution in [0.2, 0.25) is 0 Å². The SMILES string of the molecule is CS(=O)(=O)c1ccc(-c2nc3cc(C4CCNCC4)ccc3s2)c(F)c1. The summed E-state index contributed by atoms with van der Waals surface area (Å²) in [6.07, 6.45) is 3.30. The molecule has 2 heterocycles. The van der Waals surface area contributed by atoms with Crippen LogP contribution in [0.25, 0.3) is 20.8 Å². The van der Waals surface area contributed by atoms with Crippen LogP contribution in [0.3, 0.4) is 0 Å². The quantitative estimate of drug-likeness (QED) is 0.735. The lowest BCUT2D eigenvalue weighted by molar-refractivity contribution is 0.460. The highest BCUT2D eigenvalue weighted by atomic mass is 32.2.